The van der Waals surface area contributed by atoms with Crippen LogP contribution in [0.2, 0.25) is 0 Å². The summed E-state index contributed by atoms with van der Waals surface area (Å²) in [5, 5.41) is 11.3. The zero-order chi connectivity index (χ0) is 16.9. The van der Waals surface area contributed by atoms with Crippen LogP contribution in [0.4, 0.5) is 0 Å². The zero-order valence-corrected chi connectivity index (χ0v) is 14.8. The molecule has 1 saturated heterocycles. The second-order valence-electron chi connectivity index (χ2n) is 7.49. The molecule has 6 atom stereocenters. The van der Waals surface area contributed by atoms with E-state index in [0.29, 0.717) is 12.2 Å². The molecule has 0 bridgehead atoms. The van der Waals surface area contributed by atoms with Crippen molar-refractivity contribution in [3.05, 3.63) is 29.3 Å². The minimum atomic E-state index is -1.12. The van der Waals surface area contributed by atoms with Gasteiger partial charge in [0.2, 0.25) is 0 Å². The number of ether oxygens (including phenoxy) is 1. The molecule has 130 valence electrons. The van der Waals surface area contributed by atoms with Gasteiger partial charge in [-0.3, -0.25) is 4.21 Å². The number of aryl methyl sites for hydroxylation is 1. The van der Waals surface area contributed by atoms with Gasteiger partial charge >= 0.3 is 0 Å². The summed E-state index contributed by atoms with van der Waals surface area (Å²) in [6.07, 6.45) is 5.02. The van der Waals surface area contributed by atoms with Crippen LogP contribution < -0.4 is 4.74 Å². The van der Waals surface area contributed by atoms with Gasteiger partial charge in [0.25, 0.3) is 0 Å². The van der Waals surface area contributed by atoms with E-state index in [4.69, 9.17) is 4.74 Å². The molecule has 5 heteroatoms. The third kappa shape index (κ3) is 2.28. The van der Waals surface area contributed by atoms with E-state index in [9.17, 15) is 14.1 Å². The van der Waals surface area contributed by atoms with E-state index in [1.54, 1.807) is 7.11 Å². The molecule has 3 aliphatic rings. The number of benzene rings is 1. The average molecular weight is 348 g/mol. The lowest BCUT2D eigenvalue weighted by molar-refractivity contribution is -0.111. The molecule has 4 rings (SSSR count). The molecule has 1 aromatic rings. The van der Waals surface area contributed by atoms with E-state index in [1.807, 2.05) is 12.1 Å². The topological polar surface area (TPSA) is 63.6 Å². The summed E-state index contributed by atoms with van der Waals surface area (Å²) in [5.41, 5.74) is 1.48. The standard InChI is InChI=1S/C19H24O4S/c1-23-14-5-2-12-3-6-15-17-7-4-13(8-9-20)19(17,21)11-24(22)18(15)16(12)10-14/h2,5,9-10,13,15,17-18,21H,3-4,6-8,11H2,1H3/t13-,15-,17-,18-,19-,24?/m0/s1. The Morgan fingerprint density at radius 2 is 2.21 bits per heavy atom. The quantitative estimate of drug-likeness (QED) is 0.852. The molecule has 1 unspecified atom stereocenters. The molecule has 1 heterocycles. The molecule has 1 N–H and O–H groups in total. The summed E-state index contributed by atoms with van der Waals surface area (Å²) in [7, 11) is 0.528. The Morgan fingerprint density at radius 3 is 2.96 bits per heavy atom. The van der Waals surface area contributed by atoms with E-state index in [0.717, 1.165) is 43.3 Å². The molecule has 2 fully saturated rings. The average Bonchev–Trinajstić information content (AvgIpc) is 2.90. The van der Waals surface area contributed by atoms with Crippen molar-refractivity contribution in [1.82, 2.24) is 0 Å². The van der Waals surface area contributed by atoms with E-state index in [-0.39, 0.29) is 23.0 Å². The van der Waals surface area contributed by atoms with Gasteiger partial charge in [-0.05, 0) is 66.7 Å². The Bertz CT molecular complexity index is 688. The first-order valence-electron chi connectivity index (χ1n) is 8.78. The molecule has 4 nitrogen and oxygen atoms in total. The number of carbonyl (C=O) groups excluding carboxylic acids is 1. The maximum Gasteiger partial charge on any atom is 0.120 e. The zero-order valence-electron chi connectivity index (χ0n) is 13.9. The molecule has 1 saturated carbocycles. The predicted octanol–water partition coefficient (Wildman–Crippen LogP) is 2.41. The van der Waals surface area contributed by atoms with Crippen molar-refractivity contribution in [3.8, 4) is 5.75 Å². The van der Waals surface area contributed by atoms with Gasteiger partial charge < -0.3 is 14.6 Å². The number of aldehydes is 1. The van der Waals surface area contributed by atoms with Crippen LogP contribution in [0.3, 0.4) is 0 Å². The summed E-state index contributed by atoms with van der Waals surface area (Å²) < 4.78 is 18.5. The number of hydrogen-bond acceptors (Lipinski definition) is 4. The molecule has 1 aromatic carbocycles. The second-order valence-corrected chi connectivity index (χ2v) is 9.05. The monoisotopic (exact) mass is 348 g/mol. The first-order valence-corrected chi connectivity index (χ1v) is 10.2. The third-order valence-electron chi connectivity index (χ3n) is 6.52. The first kappa shape index (κ1) is 16.3. The van der Waals surface area contributed by atoms with Crippen molar-refractivity contribution < 1.29 is 18.8 Å². The summed E-state index contributed by atoms with van der Waals surface area (Å²) in [4.78, 5) is 11.0. The van der Waals surface area contributed by atoms with Crippen LogP contribution in [0.1, 0.15) is 42.1 Å². The molecule has 0 amide bonds. The van der Waals surface area contributed by atoms with Gasteiger partial charge in [-0.25, -0.2) is 0 Å². The van der Waals surface area contributed by atoms with Crippen molar-refractivity contribution in [2.45, 2.75) is 43.0 Å². The Balaban J connectivity index is 1.73. The maximum absolute atomic E-state index is 13.1. The molecule has 1 aliphatic heterocycles. The number of aliphatic hydroxyl groups is 1. The lowest BCUT2D eigenvalue weighted by atomic mass is 9.69. The molecule has 0 aromatic heterocycles. The van der Waals surface area contributed by atoms with Crippen LogP contribution in [-0.2, 0) is 22.0 Å². The van der Waals surface area contributed by atoms with Crippen LogP contribution >= 0.6 is 0 Å². The number of methoxy groups -OCH3 is 1. The lowest BCUT2D eigenvalue weighted by Crippen LogP contribution is -2.54. The van der Waals surface area contributed by atoms with Crippen molar-refractivity contribution in [1.29, 1.82) is 0 Å². The van der Waals surface area contributed by atoms with Gasteiger partial charge in [0, 0.05) is 17.2 Å². The maximum atomic E-state index is 13.1. The SMILES string of the molecule is COc1ccc2c(c1)[C@@H]1[C@@H](CC2)[C@@H]2CC[C@@H](CC=O)[C@@]2(O)CS1=O. The summed E-state index contributed by atoms with van der Waals surface area (Å²) >= 11 is 0. The van der Waals surface area contributed by atoms with Crippen LogP contribution in [0.25, 0.3) is 0 Å². The van der Waals surface area contributed by atoms with E-state index < -0.39 is 16.4 Å². The minimum Gasteiger partial charge on any atom is -0.497 e. The predicted molar refractivity (Wildman–Crippen MR) is 92.4 cm³/mol. The second kappa shape index (κ2) is 5.95. The number of fused-ring (bicyclic) bond motifs is 5. The first-order chi connectivity index (χ1) is 11.6. The fraction of sp³-hybridized carbons (Fsp3) is 0.632. The molecular formula is C19H24O4S. The normalized spacial score (nSPS) is 40.3. The third-order valence-corrected chi connectivity index (χ3v) is 8.44. The summed E-state index contributed by atoms with van der Waals surface area (Å²) in [5.74, 6) is 1.47. The molecule has 0 radical (unpaired) electrons. The molecule has 24 heavy (non-hydrogen) atoms. The smallest absolute Gasteiger partial charge is 0.120 e. The lowest BCUT2D eigenvalue weighted by Gasteiger charge is -2.48. The number of carbonyl (C=O) groups is 1. The van der Waals surface area contributed by atoms with E-state index in [1.165, 1.54) is 5.56 Å². The molecule has 2 aliphatic carbocycles. The Morgan fingerprint density at radius 1 is 1.38 bits per heavy atom. The molecular weight excluding hydrogens is 324 g/mol. The van der Waals surface area contributed by atoms with Crippen molar-refractivity contribution >= 4 is 17.1 Å². The van der Waals surface area contributed by atoms with Crippen LogP contribution in [-0.4, -0.2) is 34.1 Å². The highest BCUT2D eigenvalue weighted by Crippen LogP contribution is 2.57. The van der Waals surface area contributed by atoms with Gasteiger partial charge in [0.1, 0.15) is 12.0 Å². The summed E-state index contributed by atoms with van der Waals surface area (Å²) in [6, 6.07) is 6.09. The summed E-state index contributed by atoms with van der Waals surface area (Å²) in [6.45, 7) is 0. The fourth-order valence-electron chi connectivity index (χ4n) is 5.39. The molecule has 0 spiro atoms. The van der Waals surface area contributed by atoms with Crippen LogP contribution in [0.15, 0.2) is 18.2 Å². The number of rotatable bonds is 3. The fourth-order valence-corrected chi connectivity index (χ4v) is 7.70. The van der Waals surface area contributed by atoms with Gasteiger partial charge in [0.05, 0.1) is 23.7 Å². The van der Waals surface area contributed by atoms with E-state index in [2.05, 4.69) is 6.07 Å². The highest BCUT2D eigenvalue weighted by molar-refractivity contribution is 7.85. The van der Waals surface area contributed by atoms with E-state index >= 15 is 0 Å². The van der Waals surface area contributed by atoms with Crippen LogP contribution in [0, 0.1) is 17.8 Å². The Kier molecular flexibility index (Phi) is 4.04. The largest absolute Gasteiger partial charge is 0.497 e. The van der Waals surface area contributed by atoms with Gasteiger partial charge in [-0.15, -0.1) is 0 Å². The van der Waals surface area contributed by atoms with Crippen molar-refractivity contribution in [3.63, 3.8) is 0 Å². The number of hydrogen-bond donors (Lipinski definition) is 1. The Labute approximate surface area is 145 Å². The van der Waals surface area contributed by atoms with Crippen LogP contribution in [0.5, 0.6) is 5.75 Å². The van der Waals surface area contributed by atoms with Crippen molar-refractivity contribution in [2.75, 3.05) is 12.9 Å². The van der Waals surface area contributed by atoms with Gasteiger partial charge in [0.15, 0.2) is 0 Å². The highest BCUT2D eigenvalue weighted by atomic mass is 32.2. The Hall–Kier alpha value is -1.20. The van der Waals surface area contributed by atoms with Gasteiger partial charge in [-0.2, -0.15) is 0 Å². The highest BCUT2D eigenvalue weighted by Gasteiger charge is 2.59. The van der Waals surface area contributed by atoms with Crippen molar-refractivity contribution in [2.24, 2.45) is 17.8 Å². The van der Waals surface area contributed by atoms with Gasteiger partial charge in [-0.1, -0.05) is 6.07 Å². The minimum absolute atomic E-state index is 0.0101.